The molecule has 212 valence electrons. The van der Waals surface area contributed by atoms with Crippen LogP contribution in [0.4, 0.5) is 0 Å². The summed E-state index contributed by atoms with van der Waals surface area (Å²) >= 11 is 0. The maximum absolute atomic E-state index is 6.32. The Morgan fingerprint density at radius 2 is 0.956 bits per heavy atom. The van der Waals surface area contributed by atoms with Gasteiger partial charge < -0.3 is 4.42 Å². The van der Waals surface area contributed by atoms with Crippen molar-refractivity contribution in [1.82, 2.24) is 15.0 Å². The van der Waals surface area contributed by atoms with Gasteiger partial charge in [0.25, 0.3) is 0 Å². The molecule has 0 N–H and O–H groups in total. The van der Waals surface area contributed by atoms with E-state index in [1.807, 2.05) is 72.8 Å². The van der Waals surface area contributed by atoms with Crippen molar-refractivity contribution in [2.75, 3.05) is 0 Å². The maximum Gasteiger partial charge on any atom is 0.164 e. The molecule has 0 fully saturated rings. The van der Waals surface area contributed by atoms with E-state index in [1.165, 1.54) is 32.3 Å². The van der Waals surface area contributed by atoms with E-state index >= 15 is 0 Å². The van der Waals surface area contributed by atoms with Gasteiger partial charge in [0.1, 0.15) is 11.2 Å². The fourth-order valence-electron chi connectivity index (χ4n) is 7.05. The Hall–Kier alpha value is -5.87. The molecule has 45 heavy (non-hydrogen) atoms. The molecule has 2 heterocycles. The predicted molar refractivity (Wildman–Crippen MR) is 185 cm³/mol. The predicted octanol–water partition coefficient (Wildman–Crippen LogP) is 10.8. The number of benzene rings is 7. The van der Waals surface area contributed by atoms with E-state index in [-0.39, 0.29) is 0 Å². The van der Waals surface area contributed by atoms with Crippen LogP contribution in [0, 0.1) is 13.8 Å². The zero-order chi connectivity index (χ0) is 30.1. The van der Waals surface area contributed by atoms with Gasteiger partial charge in [-0.1, -0.05) is 109 Å². The molecular formula is C41H27N3O. The molecule has 9 rings (SSSR count). The number of hydrogen-bond donors (Lipinski definition) is 0. The normalized spacial score (nSPS) is 11.8. The van der Waals surface area contributed by atoms with Gasteiger partial charge in [0, 0.05) is 32.8 Å². The first kappa shape index (κ1) is 25.6. The molecule has 2 aromatic heterocycles. The van der Waals surface area contributed by atoms with E-state index in [0.717, 1.165) is 49.8 Å². The summed E-state index contributed by atoms with van der Waals surface area (Å²) in [6.07, 6.45) is 0. The Morgan fingerprint density at radius 3 is 1.62 bits per heavy atom. The first-order chi connectivity index (χ1) is 22.2. The van der Waals surface area contributed by atoms with E-state index in [0.29, 0.717) is 17.5 Å². The topological polar surface area (TPSA) is 51.8 Å². The number of aryl methyl sites for hydroxylation is 2. The fourth-order valence-corrected chi connectivity index (χ4v) is 7.05. The van der Waals surface area contributed by atoms with Crippen LogP contribution in [0.25, 0.3) is 88.4 Å². The number of furan rings is 1. The fraction of sp³-hybridized carbons (Fsp3) is 0.0488. The van der Waals surface area contributed by atoms with E-state index in [4.69, 9.17) is 19.4 Å². The Kier molecular flexibility index (Phi) is 5.59. The molecule has 0 bridgehead atoms. The lowest BCUT2D eigenvalue weighted by molar-refractivity contribution is 0.669. The largest absolute Gasteiger partial charge is 0.456 e. The average Bonchev–Trinajstić information content (AvgIpc) is 3.48. The highest BCUT2D eigenvalue weighted by Gasteiger charge is 2.21. The molecule has 4 nitrogen and oxygen atoms in total. The van der Waals surface area contributed by atoms with Gasteiger partial charge in [-0.2, -0.15) is 0 Å². The highest BCUT2D eigenvalue weighted by Crippen LogP contribution is 2.45. The summed E-state index contributed by atoms with van der Waals surface area (Å²) < 4.78 is 6.32. The summed E-state index contributed by atoms with van der Waals surface area (Å²) in [6.45, 7) is 4.38. The molecule has 9 aromatic rings. The lowest BCUT2D eigenvalue weighted by atomic mass is 9.86. The van der Waals surface area contributed by atoms with Crippen molar-refractivity contribution in [2.24, 2.45) is 0 Å². The third kappa shape index (κ3) is 3.89. The van der Waals surface area contributed by atoms with Crippen LogP contribution in [0.5, 0.6) is 0 Å². The summed E-state index contributed by atoms with van der Waals surface area (Å²) in [4.78, 5) is 15.1. The molecule has 7 aromatic carbocycles. The van der Waals surface area contributed by atoms with Crippen LogP contribution in [0.2, 0.25) is 0 Å². The van der Waals surface area contributed by atoms with E-state index in [9.17, 15) is 0 Å². The molecule has 0 amide bonds. The van der Waals surface area contributed by atoms with Crippen molar-refractivity contribution < 1.29 is 4.42 Å². The van der Waals surface area contributed by atoms with Crippen LogP contribution >= 0.6 is 0 Å². The SMILES string of the molecule is Cc1cc2c3ccc4oc5ccccc5c4c3c3ccccc3c2c(C)c1-c1nc(-c2ccccc2)nc(-c2ccccc2)n1. The van der Waals surface area contributed by atoms with Crippen molar-refractivity contribution in [1.29, 1.82) is 0 Å². The molecular weight excluding hydrogens is 550 g/mol. The van der Waals surface area contributed by atoms with Gasteiger partial charge in [0.2, 0.25) is 0 Å². The Morgan fingerprint density at radius 1 is 0.422 bits per heavy atom. The average molecular weight is 578 g/mol. The van der Waals surface area contributed by atoms with Crippen molar-refractivity contribution >= 4 is 54.3 Å². The molecule has 0 radical (unpaired) electrons. The highest BCUT2D eigenvalue weighted by atomic mass is 16.3. The van der Waals surface area contributed by atoms with Crippen LogP contribution in [0.3, 0.4) is 0 Å². The Bertz CT molecular complexity index is 2550. The Balaban J connectivity index is 1.40. The monoisotopic (exact) mass is 577 g/mol. The summed E-state index contributed by atoms with van der Waals surface area (Å²) in [5, 5.41) is 9.59. The van der Waals surface area contributed by atoms with Crippen molar-refractivity contribution in [3.8, 4) is 34.2 Å². The molecule has 0 aliphatic heterocycles. The second-order valence-corrected chi connectivity index (χ2v) is 11.7. The second-order valence-electron chi connectivity index (χ2n) is 11.7. The number of para-hydroxylation sites is 1. The highest BCUT2D eigenvalue weighted by molar-refractivity contribution is 6.35. The molecule has 0 aliphatic carbocycles. The third-order valence-electron chi connectivity index (χ3n) is 9.00. The van der Waals surface area contributed by atoms with Crippen molar-refractivity contribution in [3.05, 3.63) is 139 Å². The van der Waals surface area contributed by atoms with Gasteiger partial charge in [-0.25, -0.2) is 15.0 Å². The summed E-state index contributed by atoms with van der Waals surface area (Å²) in [7, 11) is 0. The van der Waals surface area contributed by atoms with Crippen LogP contribution in [0.1, 0.15) is 11.1 Å². The Labute approximate surface area is 259 Å². The molecule has 0 unspecified atom stereocenters. The van der Waals surface area contributed by atoms with Gasteiger partial charge in [0.15, 0.2) is 17.5 Å². The van der Waals surface area contributed by atoms with Crippen LogP contribution in [-0.2, 0) is 0 Å². The minimum Gasteiger partial charge on any atom is -0.456 e. The van der Waals surface area contributed by atoms with Crippen LogP contribution < -0.4 is 0 Å². The number of fused-ring (bicyclic) bond motifs is 10. The molecule has 0 spiro atoms. The second kappa shape index (κ2) is 9.83. The number of nitrogens with zero attached hydrogens (tertiary/aromatic N) is 3. The van der Waals surface area contributed by atoms with Crippen molar-refractivity contribution in [2.45, 2.75) is 13.8 Å². The summed E-state index contributed by atoms with van der Waals surface area (Å²) in [6, 6.07) is 44.0. The van der Waals surface area contributed by atoms with E-state index in [2.05, 4.69) is 68.4 Å². The van der Waals surface area contributed by atoms with Gasteiger partial charge in [-0.15, -0.1) is 0 Å². The third-order valence-corrected chi connectivity index (χ3v) is 9.00. The summed E-state index contributed by atoms with van der Waals surface area (Å²) in [5.74, 6) is 2.01. The van der Waals surface area contributed by atoms with E-state index < -0.39 is 0 Å². The quantitative estimate of drug-likeness (QED) is 0.196. The molecule has 0 atom stereocenters. The first-order valence-corrected chi connectivity index (χ1v) is 15.2. The maximum atomic E-state index is 6.32. The molecule has 0 saturated heterocycles. The zero-order valence-corrected chi connectivity index (χ0v) is 24.9. The molecule has 0 saturated carbocycles. The van der Waals surface area contributed by atoms with Crippen LogP contribution in [0.15, 0.2) is 132 Å². The number of hydrogen-bond acceptors (Lipinski definition) is 4. The minimum absolute atomic E-state index is 0.663. The zero-order valence-electron chi connectivity index (χ0n) is 24.9. The lowest BCUT2D eigenvalue weighted by Crippen LogP contribution is -2.03. The summed E-state index contributed by atoms with van der Waals surface area (Å²) in [5.41, 5.74) is 7.06. The molecule has 0 aliphatic rings. The smallest absolute Gasteiger partial charge is 0.164 e. The van der Waals surface area contributed by atoms with Crippen molar-refractivity contribution in [3.63, 3.8) is 0 Å². The van der Waals surface area contributed by atoms with E-state index in [1.54, 1.807) is 0 Å². The standard InChI is InChI=1S/C41H27N3O/c1-24-23-32-30-21-22-34-38(31-19-11-12-20-33(31)45-34)37(30)29-18-10-9-17-28(29)36(32)25(2)35(24)41-43-39(26-13-5-3-6-14-26)42-40(44-41)27-15-7-4-8-16-27/h3-23H,1-2H3. The lowest BCUT2D eigenvalue weighted by Gasteiger charge is -2.18. The van der Waals surface area contributed by atoms with Gasteiger partial charge in [-0.3, -0.25) is 0 Å². The molecule has 4 heteroatoms. The number of aromatic nitrogens is 3. The first-order valence-electron chi connectivity index (χ1n) is 15.2. The van der Waals surface area contributed by atoms with Gasteiger partial charge >= 0.3 is 0 Å². The van der Waals surface area contributed by atoms with Gasteiger partial charge in [-0.05, 0) is 70.1 Å². The van der Waals surface area contributed by atoms with Gasteiger partial charge in [0.05, 0.1) is 0 Å². The minimum atomic E-state index is 0.663. The number of rotatable bonds is 3. The van der Waals surface area contributed by atoms with Crippen LogP contribution in [-0.4, -0.2) is 15.0 Å².